The summed E-state index contributed by atoms with van der Waals surface area (Å²) in [7, 11) is 0. The number of amides is 2. The van der Waals surface area contributed by atoms with Gasteiger partial charge in [-0.05, 0) is 48.5 Å². The SMILES string of the molecule is O=C(Nc1c[nH]c(=O)[nH]c1=O)c1ccc(Oc2ccc(C(=O)Nc3c[nH]c(=O)[nH]c3=O)cc2)cc1. The van der Waals surface area contributed by atoms with Gasteiger partial charge in [0, 0.05) is 23.5 Å². The molecule has 0 bridgehead atoms. The lowest BCUT2D eigenvalue weighted by molar-refractivity contribution is 0.101. The van der Waals surface area contributed by atoms with E-state index >= 15 is 0 Å². The van der Waals surface area contributed by atoms with E-state index in [1.54, 1.807) is 0 Å². The van der Waals surface area contributed by atoms with E-state index in [1.807, 2.05) is 9.97 Å². The Bertz CT molecular complexity index is 1510. The van der Waals surface area contributed by atoms with E-state index in [4.69, 9.17) is 4.74 Å². The van der Waals surface area contributed by atoms with Gasteiger partial charge in [0.2, 0.25) is 0 Å². The number of rotatable bonds is 6. The van der Waals surface area contributed by atoms with E-state index in [1.165, 1.54) is 48.5 Å². The molecule has 0 saturated carbocycles. The number of benzene rings is 2. The summed E-state index contributed by atoms with van der Waals surface area (Å²) in [6, 6.07) is 12.1. The third-order valence-electron chi connectivity index (χ3n) is 4.60. The molecule has 6 N–H and O–H groups in total. The van der Waals surface area contributed by atoms with Gasteiger partial charge in [0.1, 0.15) is 22.9 Å². The summed E-state index contributed by atoms with van der Waals surface area (Å²) in [5, 5.41) is 4.79. The number of hydrogen-bond donors (Lipinski definition) is 6. The van der Waals surface area contributed by atoms with Crippen LogP contribution in [0.25, 0.3) is 0 Å². The Hall–Kier alpha value is -5.46. The summed E-state index contributed by atoms with van der Waals surface area (Å²) in [4.78, 5) is 78.6. The summed E-state index contributed by atoms with van der Waals surface area (Å²) >= 11 is 0. The molecular formula is C22H16N6O7. The summed E-state index contributed by atoms with van der Waals surface area (Å²) < 4.78 is 5.70. The number of aromatic nitrogens is 4. The van der Waals surface area contributed by atoms with Crippen LogP contribution in [0.1, 0.15) is 20.7 Å². The highest BCUT2D eigenvalue weighted by Crippen LogP contribution is 2.22. The molecule has 2 aromatic heterocycles. The number of carbonyl (C=O) groups excluding carboxylic acids is 2. The van der Waals surface area contributed by atoms with Gasteiger partial charge in [0.05, 0.1) is 0 Å². The molecule has 35 heavy (non-hydrogen) atoms. The van der Waals surface area contributed by atoms with Crippen LogP contribution in [-0.4, -0.2) is 31.8 Å². The molecule has 0 radical (unpaired) electrons. The maximum absolute atomic E-state index is 12.3. The quantitative estimate of drug-likeness (QED) is 0.236. The van der Waals surface area contributed by atoms with Crippen LogP contribution in [0.5, 0.6) is 11.5 Å². The van der Waals surface area contributed by atoms with Crippen molar-refractivity contribution in [2.75, 3.05) is 10.6 Å². The standard InChI is InChI=1S/C22H16N6O7/c29-17(25-15-9-23-21(33)27-19(15)31)11-1-5-13(6-2-11)35-14-7-3-12(4-8-14)18(30)26-16-10-24-22(34)28-20(16)32/h1-10H,(H,25,29)(H,26,30)(H2,23,27,31,33)(H2,24,28,32,34). The fourth-order valence-electron chi connectivity index (χ4n) is 2.88. The topological polar surface area (TPSA) is 199 Å². The van der Waals surface area contributed by atoms with Crippen molar-refractivity contribution in [1.29, 1.82) is 0 Å². The second-order valence-electron chi connectivity index (χ2n) is 7.03. The maximum atomic E-state index is 12.3. The normalized spacial score (nSPS) is 10.4. The Morgan fingerprint density at radius 3 is 1.31 bits per heavy atom. The van der Waals surface area contributed by atoms with Gasteiger partial charge in [-0.3, -0.25) is 29.1 Å². The summed E-state index contributed by atoms with van der Waals surface area (Å²) in [5.41, 5.74) is -2.57. The van der Waals surface area contributed by atoms with Crippen LogP contribution in [-0.2, 0) is 0 Å². The zero-order chi connectivity index (χ0) is 24.9. The lowest BCUT2D eigenvalue weighted by atomic mass is 10.2. The highest BCUT2D eigenvalue weighted by molar-refractivity contribution is 6.04. The molecular weight excluding hydrogens is 460 g/mol. The molecule has 0 unspecified atom stereocenters. The molecule has 2 amide bonds. The second kappa shape index (κ2) is 9.58. The first-order valence-electron chi connectivity index (χ1n) is 9.93. The van der Waals surface area contributed by atoms with Crippen molar-refractivity contribution in [2.45, 2.75) is 0 Å². The molecule has 0 saturated heterocycles. The molecule has 0 spiro atoms. The highest BCUT2D eigenvalue weighted by Gasteiger charge is 2.11. The van der Waals surface area contributed by atoms with E-state index in [-0.39, 0.29) is 22.5 Å². The predicted octanol–water partition coefficient (Wildman–Crippen LogP) is 0.737. The number of ether oxygens (including phenoxy) is 1. The maximum Gasteiger partial charge on any atom is 0.325 e. The average molecular weight is 476 g/mol. The highest BCUT2D eigenvalue weighted by atomic mass is 16.5. The van der Waals surface area contributed by atoms with Gasteiger partial charge in [-0.25, -0.2) is 9.59 Å². The van der Waals surface area contributed by atoms with Crippen molar-refractivity contribution < 1.29 is 14.3 Å². The van der Waals surface area contributed by atoms with Crippen LogP contribution in [0.15, 0.2) is 80.1 Å². The van der Waals surface area contributed by atoms with Crippen molar-refractivity contribution in [2.24, 2.45) is 0 Å². The number of anilines is 2. The Balaban J connectivity index is 1.38. The minimum absolute atomic E-state index is 0.107. The summed E-state index contributed by atoms with van der Waals surface area (Å²) in [5.74, 6) is -0.322. The van der Waals surface area contributed by atoms with Crippen molar-refractivity contribution >= 4 is 23.2 Å². The fraction of sp³-hybridized carbons (Fsp3) is 0. The molecule has 176 valence electrons. The van der Waals surface area contributed by atoms with E-state index in [9.17, 15) is 28.8 Å². The summed E-state index contributed by atoms with van der Waals surface area (Å²) in [6.45, 7) is 0. The largest absolute Gasteiger partial charge is 0.457 e. The van der Waals surface area contributed by atoms with Crippen LogP contribution < -0.4 is 37.9 Å². The molecule has 4 rings (SSSR count). The number of H-pyrrole nitrogens is 4. The Morgan fingerprint density at radius 1 is 0.600 bits per heavy atom. The molecule has 0 aliphatic rings. The molecule has 0 aliphatic carbocycles. The predicted molar refractivity (Wildman–Crippen MR) is 124 cm³/mol. The van der Waals surface area contributed by atoms with Gasteiger partial charge in [-0.1, -0.05) is 0 Å². The van der Waals surface area contributed by atoms with Crippen molar-refractivity contribution in [1.82, 2.24) is 19.9 Å². The molecule has 2 heterocycles. The van der Waals surface area contributed by atoms with Gasteiger partial charge < -0.3 is 25.3 Å². The van der Waals surface area contributed by atoms with E-state index < -0.39 is 34.3 Å². The molecule has 4 aromatic rings. The minimum atomic E-state index is -0.732. The first-order chi connectivity index (χ1) is 16.8. The lowest BCUT2D eigenvalue weighted by Crippen LogP contribution is -2.26. The minimum Gasteiger partial charge on any atom is -0.457 e. The van der Waals surface area contributed by atoms with Crippen molar-refractivity contribution in [3.8, 4) is 11.5 Å². The van der Waals surface area contributed by atoms with Gasteiger partial charge in [0.25, 0.3) is 22.9 Å². The van der Waals surface area contributed by atoms with Gasteiger partial charge in [0.15, 0.2) is 0 Å². The van der Waals surface area contributed by atoms with Crippen LogP contribution in [0, 0.1) is 0 Å². The monoisotopic (exact) mass is 476 g/mol. The molecule has 13 nitrogen and oxygen atoms in total. The van der Waals surface area contributed by atoms with Gasteiger partial charge in [-0.2, -0.15) is 0 Å². The van der Waals surface area contributed by atoms with E-state index in [0.717, 1.165) is 12.4 Å². The van der Waals surface area contributed by atoms with Crippen molar-refractivity contribution in [3.05, 3.63) is 114 Å². The lowest BCUT2D eigenvalue weighted by Gasteiger charge is -2.08. The van der Waals surface area contributed by atoms with Crippen LogP contribution in [0.4, 0.5) is 11.4 Å². The second-order valence-corrected chi connectivity index (χ2v) is 7.03. The van der Waals surface area contributed by atoms with E-state index in [2.05, 4.69) is 20.6 Å². The molecule has 0 atom stereocenters. The fourth-order valence-corrected chi connectivity index (χ4v) is 2.88. The molecule has 0 fully saturated rings. The molecule has 2 aromatic carbocycles. The van der Waals surface area contributed by atoms with Gasteiger partial charge in [-0.15, -0.1) is 0 Å². The van der Waals surface area contributed by atoms with Crippen molar-refractivity contribution in [3.63, 3.8) is 0 Å². The number of aromatic amines is 4. The zero-order valence-electron chi connectivity index (χ0n) is 17.6. The molecule has 13 heteroatoms. The Morgan fingerprint density at radius 2 is 0.971 bits per heavy atom. The third-order valence-corrected chi connectivity index (χ3v) is 4.60. The number of carbonyl (C=O) groups is 2. The Labute approximate surface area is 193 Å². The van der Waals surface area contributed by atoms with Crippen LogP contribution in [0.3, 0.4) is 0 Å². The average Bonchev–Trinajstić information content (AvgIpc) is 2.83. The third kappa shape index (κ3) is 5.48. The van der Waals surface area contributed by atoms with E-state index in [0.29, 0.717) is 11.5 Å². The first kappa shape index (κ1) is 22.7. The Kier molecular flexibility index (Phi) is 6.22. The van der Waals surface area contributed by atoms with Crippen LogP contribution >= 0.6 is 0 Å². The molecule has 0 aliphatic heterocycles. The number of nitrogens with one attached hydrogen (secondary N) is 6. The smallest absolute Gasteiger partial charge is 0.325 e. The first-order valence-corrected chi connectivity index (χ1v) is 9.93. The summed E-state index contributed by atoms with van der Waals surface area (Å²) in [6.07, 6.45) is 2.19. The zero-order valence-corrected chi connectivity index (χ0v) is 17.6. The van der Waals surface area contributed by atoms with Crippen LogP contribution in [0.2, 0.25) is 0 Å². The van der Waals surface area contributed by atoms with Gasteiger partial charge >= 0.3 is 11.4 Å². The number of hydrogen-bond acceptors (Lipinski definition) is 7.